The van der Waals surface area contributed by atoms with Gasteiger partial charge in [0, 0.05) is 19.2 Å². The Morgan fingerprint density at radius 2 is 1.88 bits per heavy atom. The molecule has 1 heterocycles. The molecule has 0 saturated carbocycles. The molecule has 1 aromatic carbocycles. The summed E-state index contributed by atoms with van der Waals surface area (Å²) >= 11 is 0. The fourth-order valence-corrected chi connectivity index (χ4v) is 2.65. The maximum absolute atomic E-state index is 12.7. The molecule has 1 aromatic rings. The van der Waals surface area contributed by atoms with Crippen molar-refractivity contribution in [3.05, 3.63) is 41.5 Å². The highest BCUT2D eigenvalue weighted by Crippen LogP contribution is 2.31. The van der Waals surface area contributed by atoms with Crippen LogP contribution < -0.4 is 0 Å². The van der Waals surface area contributed by atoms with Crippen LogP contribution in [0.25, 0.3) is 5.57 Å². The summed E-state index contributed by atoms with van der Waals surface area (Å²) in [5.74, 6) is -1.62. The van der Waals surface area contributed by atoms with Gasteiger partial charge in [0.1, 0.15) is 0 Å². The second-order valence-electron chi connectivity index (χ2n) is 5.84. The van der Waals surface area contributed by atoms with Gasteiger partial charge in [-0.3, -0.25) is 9.59 Å². The van der Waals surface area contributed by atoms with Gasteiger partial charge in [0.2, 0.25) is 5.91 Å². The van der Waals surface area contributed by atoms with Crippen molar-refractivity contribution in [2.24, 2.45) is 5.92 Å². The van der Waals surface area contributed by atoms with Crippen LogP contribution in [0.5, 0.6) is 0 Å². The van der Waals surface area contributed by atoms with Gasteiger partial charge in [-0.2, -0.15) is 13.2 Å². The van der Waals surface area contributed by atoms with E-state index in [0.717, 1.165) is 12.1 Å². The van der Waals surface area contributed by atoms with E-state index in [9.17, 15) is 22.8 Å². The Bertz CT molecular complexity index is 659. The van der Waals surface area contributed by atoms with E-state index in [0.29, 0.717) is 37.1 Å². The zero-order chi connectivity index (χ0) is 17.9. The van der Waals surface area contributed by atoms with Crippen molar-refractivity contribution < 1.29 is 27.9 Å². The lowest BCUT2D eigenvalue weighted by atomic mass is 9.97. The van der Waals surface area contributed by atoms with Gasteiger partial charge in [0.25, 0.3) is 0 Å². The van der Waals surface area contributed by atoms with Crippen molar-refractivity contribution >= 4 is 17.4 Å². The quantitative estimate of drug-likeness (QED) is 0.857. The first-order valence-electron chi connectivity index (χ1n) is 7.56. The molecule has 1 saturated heterocycles. The summed E-state index contributed by atoms with van der Waals surface area (Å²) in [6, 6.07) is 4.81. The molecule has 0 aliphatic carbocycles. The Balaban J connectivity index is 2.08. The van der Waals surface area contributed by atoms with Gasteiger partial charge in [-0.1, -0.05) is 12.1 Å². The molecule has 1 amide bonds. The molecule has 1 fully saturated rings. The third-order valence-corrected chi connectivity index (χ3v) is 4.14. The summed E-state index contributed by atoms with van der Waals surface area (Å²) in [5.41, 5.74) is 0.00697. The Kier molecular flexibility index (Phi) is 5.31. The van der Waals surface area contributed by atoms with Crippen LogP contribution in [-0.2, 0) is 15.8 Å². The largest absolute Gasteiger partial charge is 0.481 e. The average Bonchev–Trinajstić information content (AvgIpc) is 2.54. The van der Waals surface area contributed by atoms with Crippen LogP contribution in [0.3, 0.4) is 0 Å². The summed E-state index contributed by atoms with van der Waals surface area (Å²) < 4.78 is 38.2. The van der Waals surface area contributed by atoms with E-state index >= 15 is 0 Å². The lowest BCUT2D eigenvalue weighted by Gasteiger charge is -2.29. The third-order valence-electron chi connectivity index (χ3n) is 4.14. The number of piperidine rings is 1. The normalized spacial score (nSPS) is 17.0. The van der Waals surface area contributed by atoms with E-state index in [1.165, 1.54) is 23.1 Å². The van der Waals surface area contributed by atoms with Crippen molar-refractivity contribution in [3.8, 4) is 0 Å². The van der Waals surface area contributed by atoms with E-state index in [1.807, 2.05) is 0 Å². The fraction of sp³-hybridized carbons (Fsp3) is 0.412. The molecule has 130 valence electrons. The maximum Gasteiger partial charge on any atom is 0.416 e. The predicted molar refractivity (Wildman–Crippen MR) is 82.0 cm³/mol. The lowest BCUT2D eigenvalue weighted by Crippen LogP contribution is -2.39. The highest BCUT2D eigenvalue weighted by atomic mass is 19.4. The van der Waals surface area contributed by atoms with Gasteiger partial charge in [-0.25, -0.2) is 0 Å². The van der Waals surface area contributed by atoms with Crippen LogP contribution in [-0.4, -0.2) is 35.0 Å². The second-order valence-corrected chi connectivity index (χ2v) is 5.84. The number of carbonyl (C=O) groups is 2. The predicted octanol–water partition coefficient (Wildman–Crippen LogP) is 3.43. The maximum atomic E-state index is 12.7. The SMILES string of the molecule is C/C(=C\C(=O)N1CCC(C(=O)O)CC1)c1cccc(C(F)(F)F)c1. The van der Waals surface area contributed by atoms with E-state index < -0.39 is 23.6 Å². The highest BCUT2D eigenvalue weighted by molar-refractivity contribution is 5.95. The van der Waals surface area contributed by atoms with Gasteiger partial charge in [0.05, 0.1) is 11.5 Å². The number of carboxylic acid groups (broad SMARTS) is 1. The van der Waals surface area contributed by atoms with Crippen molar-refractivity contribution in [1.82, 2.24) is 4.90 Å². The van der Waals surface area contributed by atoms with E-state index in [2.05, 4.69) is 0 Å². The van der Waals surface area contributed by atoms with Gasteiger partial charge in [-0.15, -0.1) is 0 Å². The molecule has 2 rings (SSSR count). The number of nitrogens with zero attached hydrogens (tertiary/aromatic N) is 1. The zero-order valence-electron chi connectivity index (χ0n) is 13.1. The van der Waals surface area contributed by atoms with E-state index in [1.54, 1.807) is 6.92 Å². The minimum Gasteiger partial charge on any atom is -0.481 e. The smallest absolute Gasteiger partial charge is 0.416 e. The van der Waals surface area contributed by atoms with Gasteiger partial charge in [0.15, 0.2) is 0 Å². The second kappa shape index (κ2) is 7.07. The molecule has 0 unspecified atom stereocenters. The van der Waals surface area contributed by atoms with Crippen molar-refractivity contribution in [2.75, 3.05) is 13.1 Å². The van der Waals surface area contributed by atoms with E-state index in [4.69, 9.17) is 5.11 Å². The van der Waals surface area contributed by atoms with Crippen LogP contribution in [0.4, 0.5) is 13.2 Å². The summed E-state index contributed by atoms with van der Waals surface area (Å²) in [7, 11) is 0. The minimum atomic E-state index is -4.43. The molecular formula is C17H18F3NO3. The molecule has 0 spiro atoms. The number of carboxylic acids is 1. The molecule has 4 nitrogen and oxygen atoms in total. The van der Waals surface area contributed by atoms with Crippen LogP contribution >= 0.6 is 0 Å². The van der Waals surface area contributed by atoms with E-state index in [-0.39, 0.29) is 5.91 Å². The van der Waals surface area contributed by atoms with Gasteiger partial charge >= 0.3 is 12.1 Å². The third kappa shape index (κ3) is 4.37. The molecule has 0 atom stereocenters. The Labute approximate surface area is 137 Å². The summed E-state index contributed by atoms with van der Waals surface area (Å²) in [6.07, 6.45) is -2.36. The number of amides is 1. The van der Waals surface area contributed by atoms with Crippen molar-refractivity contribution in [3.63, 3.8) is 0 Å². The molecule has 1 aliphatic heterocycles. The molecule has 1 aliphatic rings. The first kappa shape index (κ1) is 18.0. The van der Waals surface area contributed by atoms with Crippen molar-refractivity contribution in [2.45, 2.75) is 25.9 Å². The zero-order valence-corrected chi connectivity index (χ0v) is 13.1. The van der Waals surface area contributed by atoms with Crippen LogP contribution in [0.1, 0.15) is 30.9 Å². The molecule has 0 radical (unpaired) electrons. The molecule has 7 heteroatoms. The number of likely N-dealkylation sites (tertiary alicyclic amines) is 1. The summed E-state index contributed by atoms with van der Waals surface area (Å²) in [5, 5.41) is 8.94. The minimum absolute atomic E-state index is 0.311. The number of allylic oxidation sites excluding steroid dienone is 1. The average molecular weight is 341 g/mol. The van der Waals surface area contributed by atoms with Crippen LogP contribution in [0, 0.1) is 5.92 Å². The number of hydrogen-bond donors (Lipinski definition) is 1. The molecule has 0 bridgehead atoms. The molecule has 1 N–H and O–H groups in total. The topological polar surface area (TPSA) is 57.6 Å². The van der Waals surface area contributed by atoms with Gasteiger partial charge < -0.3 is 10.0 Å². The fourth-order valence-electron chi connectivity index (χ4n) is 2.65. The number of benzene rings is 1. The number of rotatable bonds is 3. The monoisotopic (exact) mass is 341 g/mol. The number of aliphatic carboxylic acids is 1. The first-order valence-corrected chi connectivity index (χ1v) is 7.56. The number of hydrogen-bond acceptors (Lipinski definition) is 2. The standard InChI is InChI=1S/C17H18F3NO3/c1-11(13-3-2-4-14(10-13)17(18,19)20)9-15(22)21-7-5-12(6-8-21)16(23)24/h2-4,9-10,12H,5-8H2,1H3,(H,23,24)/b11-9+. The molecule has 24 heavy (non-hydrogen) atoms. The number of halogens is 3. The number of alkyl halides is 3. The summed E-state index contributed by atoms with van der Waals surface area (Å²) in [6.45, 7) is 2.25. The highest BCUT2D eigenvalue weighted by Gasteiger charge is 2.30. The van der Waals surface area contributed by atoms with Crippen LogP contribution in [0.15, 0.2) is 30.3 Å². The molecular weight excluding hydrogens is 323 g/mol. The first-order chi connectivity index (χ1) is 11.2. The Morgan fingerprint density at radius 1 is 1.25 bits per heavy atom. The summed E-state index contributed by atoms with van der Waals surface area (Å²) in [4.78, 5) is 24.6. The van der Waals surface area contributed by atoms with Crippen LogP contribution in [0.2, 0.25) is 0 Å². The lowest BCUT2D eigenvalue weighted by molar-refractivity contribution is -0.145. The van der Waals surface area contributed by atoms with Gasteiger partial charge in [-0.05, 0) is 43.0 Å². The van der Waals surface area contributed by atoms with Crippen molar-refractivity contribution in [1.29, 1.82) is 0 Å². The number of carbonyl (C=O) groups excluding carboxylic acids is 1. The Hall–Kier alpha value is -2.31. The molecule has 0 aromatic heterocycles. The Morgan fingerprint density at radius 3 is 2.42 bits per heavy atom.